The second-order valence-electron chi connectivity index (χ2n) is 22.5. The Morgan fingerprint density at radius 1 is 0.457 bits per heavy atom. The number of aliphatic hydroxyl groups excluding tert-OH is 11. The first-order chi connectivity index (χ1) is 39.3. The molecule has 0 aromatic carbocycles. The second kappa shape index (κ2) is 45.1. The average Bonchev–Trinajstić information content (AvgIpc) is 3.52. The van der Waals surface area contributed by atoms with Crippen LogP contribution in [0.15, 0.2) is 48.6 Å². The standard InChI is InChI=1S/C62H111NO18/c1-3-5-7-9-11-13-15-17-19-20-21-22-23-24-26-27-29-31-33-35-37-39-46(67)45(63-50(68)40-38-36-34-32-30-28-25-18-16-14-12-10-8-6-4-2)44-76-60-56(74)53(71)58(48(42-65)78-60)81-62-57(75)54(72)59(49(43-66)79-62)80-61-55(73)52(70)51(69)47(41-64)77-61/h6,8,12,14,18,25,37,39,45-49,51-62,64-67,69-75H,3-5,7,9-11,13,15-17,19-24,26-36,38,40-44H2,1-2H3,(H,63,68)/b8-6-,14-12-,25-18-,39-37+. The smallest absolute Gasteiger partial charge is 0.220 e. The van der Waals surface area contributed by atoms with Gasteiger partial charge < -0.3 is 89.9 Å². The molecule has 12 N–H and O–H groups in total. The van der Waals surface area contributed by atoms with Gasteiger partial charge >= 0.3 is 0 Å². The summed E-state index contributed by atoms with van der Waals surface area (Å²) in [5.41, 5.74) is 0. The number of hydrogen-bond donors (Lipinski definition) is 12. The summed E-state index contributed by atoms with van der Waals surface area (Å²) in [7, 11) is 0. The number of unbranched alkanes of at least 4 members (excludes halogenated alkanes) is 24. The van der Waals surface area contributed by atoms with Gasteiger partial charge in [-0.1, -0.05) is 197 Å². The van der Waals surface area contributed by atoms with Crippen molar-refractivity contribution in [1.82, 2.24) is 5.32 Å². The van der Waals surface area contributed by atoms with Gasteiger partial charge in [0.15, 0.2) is 18.9 Å². The highest BCUT2D eigenvalue weighted by atomic mass is 16.8. The van der Waals surface area contributed by atoms with E-state index >= 15 is 0 Å². The van der Waals surface area contributed by atoms with Crippen LogP contribution in [0, 0.1) is 0 Å². The maximum atomic E-state index is 13.3. The number of hydrogen-bond acceptors (Lipinski definition) is 18. The van der Waals surface area contributed by atoms with Crippen LogP contribution in [0.1, 0.15) is 206 Å². The highest BCUT2D eigenvalue weighted by molar-refractivity contribution is 5.76. The van der Waals surface area contributed by atoms with E-state index in [1.54, 1.807) is 6.08 Å². The highest BCUT2D eigenvalue weighted by Gasteiger charge is 2.53. The van der Waals surface area contributed by atoms with Crippen LogP contribution >= 0.6 is 0 Å². The summed E-state index contributed by atoms with van der Waals surface area (Å²) in [5.74, 6) is -0.293. The fourth-order valence-electron chi connectivity index (χ4n) is 10.5. The van der Waals surface area contributed by atoms with Crippen molar-refractivity contribution < 1.29 is 89.4 Å². The molecule has 3 rings (SSSR count). The number of amides is 1. The first-order valence-electron chi connectivity index (χ1n) is 31.4. The second-order valence-corrected chi connectivity index (χ2v) is 22.5. The van der Waals surface area contributed by atoms with Gasteiger partial charge in [-0.05, 0) is 51.4 Å². The van der Waals surface area contributed by atoms with E-state index < -0.39 is 124 Å². The van der Waals surface area contributed by atoms with Crippen molar-refractivity contribution in [2.24, 2.45) is 0 Å². The van der Waals surface area contributed by atoms with Crippen LogP contribution < -0.4 is 5.32 Å². The molecule has 3 fully saturated rings. The quantitative estimate of drug-likeness (QED) is 0.0236. The molecule has 0 saturated carbocycles. The Kier molecular flexibility index (Phi) is 40.7. The summed E-state index contributed by atoms with van der Waals surface area (Å²) in [5, 5.41) is 120. The third kappa shape index (κ3) is 28.7. The monoisotopic (exact) mass is 1160 g/mol. The number of rotatable bonds is 46. The normalized spacial score (nSPS) is 30.1. The van der Waals surface area contributed by atoms with Gasteiger partial charge in [-0.25, -0.2) is 0 Å². The van der Waals surface area contributed by atoms with Crippen molar-refractivity contribution >= 4 is 5.91 Å². The van der Waals surface area contributed by atoms with E-state index in [0.29, 0.717) is 6.42 Å². The average molecular weight is 1160 g/mol. The topological polar surface area (TPSA) is 307 Å². The lowest BCUT2D eigenvalue weighted by Crippen LogP contribution is -2.66. The van der Waals surface area contributed by atoms with E-state index in [0.717, 1.165) is 77.0 Å². The van der Waals surface area contributed by atoms with Crippen molar-refractivity contribution in [3.05, 3.63) is 48.6 Å². The molecule has 1 amide bonds. The molecule has 472 valence electrons. The summed E-state index contributed by atoms with van der Waals surface area (Å²) in [6.07, 6.45) is 23.7. The van der Waals surface area contributed by atoms with Gasteiger partial charge in [-0.2, -0.15) is 0 Å². The van der Waals surface area contributed by atoms with Gasteiger partial charge in [-0.3, -0.25) is 4.79 Å². The van der Waals surface area contributed by atoms with Crippen LogP contribution in [0.3, 0.4) is 0 Å². The summed E-state index contributed by atoms with van der Waals surface area (Å²) in [6.45, 7) is 1.60. The summed E-state index contributed by atoms with van der Waals surface area (Å²) >= 11 is 0. The van der Waals surface area contributed by atoms with E-state index in [2.05, 4.69) is 55.6 Å². The number of ether oxygens (including phenoxy) is 6. The molecule has 19 nitrogen and oxygen atoms in total. The minimum Gasteiger partial charge on any atom is -0.394 e. The van der Waals surface area contributed by atoms with Crippen LogP contribution in [-0.4, -0.2) is 193 Å². The Balaban J connectivity index is 1.49. The van der Waals surface area contributed by atoms with Crippen molar-refractivity contribution in [3.63, 3.8) is 0 Å². The van der Waals surface area contributed by atoms with E-state index in [1.807, 2.05) is 6.08 Å². The molecule has 3 aliphatic rings. The number of aliphatic hydroxyl groups is 11. The fourth-order valence-corrected chi connectivity index (χ4v) is 10.5. The van der Waals surface area contributed by atoms with Crippen LogP contribution in [0.25, 0.3) is 0 Å². The van der Waals surface area contributed by atoms with E-state index in [9.17, 15) is 61.0 Å². The molecule has 3 heterocycles. The van der Waals surface area contributed by atoms with Gasteiger partial charge in [0.1, 0.15) is 73.2 Å². The van der Waals surface area contributed by atoms with E-state index in [4.69, 9.17) is 28.4 Å². The molecule has 0 radical (unpaired) electrons. The highest BCUT2D eigenvalue weighted by Crippen LogP contribution is 2.33. The summed E-state index contributed by atoms with van der Waals surface area (Å²) in [4.78, 5) is 13.3. The predicted molar refractivity (Wildman–Crippen MR) is 309 cm³/mol. The number of nitrogens with one attached hydrogen (secondary N) is 1. The molecule has 81 heavy (non-hydrogen) atoms. The largest absolute Gasteiger partial charge is 0.394 e. The molecular formula is C62H111NO18. The third-order valence-corrected chi connectivity index (χ3v) is 15.6. The first-order valence-corrected chi connectivity index (χ1v) is 31.4. The fraction of sp³-hybridized carbons (Fsp3) is 0.855. The van der Waals surface area contributed by atoms with Crippen molar-refractivity contribution in [3.8, 4) is 0 Å². The molecule has 3 saturated heterocycles. The number of carbonyl (C=O) groups is 1. The van der Waals surface area contributed by atoms with Gasteiger partial charge in [0, 0.05) is 6.42 Å². The molecule has 0 bridgehead atoms. The van der Waals surface area contributed by atoms with Crippen molar-refractivity contribution in [2.45, 2.75) is 311 Å². The third-order valence-electron chi connectivity index (χ3n) is 15.6. The lowest BCUT2D eigenvalue weighted by Gasteiger charge is -2.48. The molecule has 17 unspecified atom stereocenters. The Morgan fingerprint density at radius 3 is 1.33 bits per heavy atom. The zero-order valence-electron chi connectivity index (χ0n) is 49.3. The Labute approximate surface area is 484 Å². The first kappa shape index (κ1) is 73.0. The number of allylic oxidation sites excluding steroid dienone is 7. The van der Waals surface area contributed by atoms with Gasteiger partial charge in [0.2, 0.25) is 5.91 Å². The zero-order valence-corrected chi connectivity index (χ0v) is 49.3. The summed E-state index contributed by atoms with van der Waals surface area (Å²) in [6, 6.07) is -0.983. The molecule has 0 spiro atoms. The predicted octanol–water partition coefficient (Wildman–Crippen LogP) is 6.26. The molecule has 0 aromatic rings. The zero-order chi connectivity index (χ0) is 59.0. The maximum absolute atomic E-state index is 13.3. The van der Waals surface area contributed by atoms with Gasteiger partial charge in [0.05, 0.1) is 38.6 Å². The molecular weight excluding hydrogens is 1050 g/mol. The van der Waals surface area contributed by atoms with E-state index in [1.165, 1.54) is 103 Å². The Hall–Kier alpha value is -2.25. The molecule has 3 aliphatic heterocycles. The molecule has 19 heteroatoms. The number of carbonyl (C=O) groups excluding carboxylic acids is 1. The van der Waals surface area contributed by atoms with Crippen molar-refractivity contribution in [2.75, 3.05) is 26.4 Å². The minimum absolute atomic E-state index is 0.223. The Bertz CT molecular complexity index is 1670. The molecule has 17 atom stereocenters. The van der Waals surface area contributed by atoms with Gasteiger partial charge in [0.25, 0.3) is 0 Å². The Morgan fingerprint density at radius 2 is 0.852 bits per heavy atom. The van der Waals surface area contributed by atoms with Crippen LogP contribution in [-0.2, 0) is 33.2 Å². The molecule has 0 aliphatic carbocycles. The van der Waals surface area contributed by atoms with E-state index in [-0.39, 0.29) is 18.9 Å². The van der Waals surface area contributed by atoms with Gasteiger partial charge in [-0.15, -0.1) is 0 Å². The van der Waals surface area contributed by atoms with Crippen LogP contribution in [0.4, 0.5) is 0 Å². The molecule has 0 aromatic heterocycles. The maximum Gasteiger partial charge on any atom is 0.220 e. The lowest BCUT2D eigenvalue weighted by atomic mass is 9.96. The SMILES string of the molecule is CC/C=C\C/C=C\C/C=C\CCCCCCCC(=O)NC(COC1OC(CO)C(OC2OC(CO)C(OC3OC(CO)C(O)C(O)C3O)C(O)C2O)C(O)C1O)C(O)/C=C/CCCCCCCCCCCCCCCCCCCCC. The van der Waals surface area contributed by atoms with Crippen LogP contribution in [0.5, 0.6) is 0 Å². The lowest BCUT2D eigenvalue weighted by molar-refractivity contribution is -0.379. The van der Waals surface area contributed by atoms with Crippen molar-refractivity contribution in [1.29, 1.82) is 0 Å². The van der Waals surface area contributed by atoms with Crippen LogP contribution in [0.2, 0.25) is 0 Å². The summed E-state index contributed by atoms with van der Waals surface area (Å²) < 4.78 is 34.3. The minimum atomic E-state index is -1.98.